The zero-order valence-electron chi connectivity index (χ0n) is 15.7. The van der Waals surface area contributed by atoms with E-state index in [9.17, 15) is 4.79 Å². The van der Waals surface area contributed by atoms with Crippen LogP contribution in [-0.4, -0.2) is 37.6 Å². The highest BCUT2D eigenvalue weighted by Gasteiger charge is 2.28. The summed E-state index contributed by atoms with van der Waals surface area (Å²) in [6, 6.07) is 0. The first-order valence-corrected chi connectivity index (χ1v) is 9.89. The number of amides is 1. The number of fused-ring (bicyclic) bond motifs is 1. The van der Waals surface area contributed by atoms with Gasteiger partial charge < -0.3 is 9.84 Å². The number of hydrogen-bond acceptors (Lipinski definition) is 7. The zero-order chi connectivity index (χ0) is 19.0. The van der Waals surface area contributed by atoms with Gasteiger partial charge in [-0.25, -0.2) is 4.98 Å². The third-order valence-corrected chi connectivity index (χ3v) is 6.02. The van der Waals surface area contributed by atoms with Gasteiger partial charge in [-0.05, 0) is 33.6 Å². The Morgan fingerprint density at radius 2 is 2.26 bits per heavy atom. The number of carbonyl (C=O) groups excluding carboxylic acids is 1. The third-order valence-electron chi connectivity index (χ3n) is 4.85. The molecule has 1 aliphatic carbocycles. The Morgan fingerprint density at radius 3 is 2.96 bits per heavy atom. The minimum Gasteiger partial charge on any atom is -0.361 e. The SMILES string of the molecule is Cc1cn(CCNC(=O)C2CCc3sc(-c4c(C)noc4C)nc3C2)nn1. The van der Waals surface area contributed by atoms with Crippen molar-refractivity contribution in [3.63, 3.8) is 0 Å². The largest absolute Gasteiger partial charge is 0.361 e. The molecule has 9 heteroatoms. The van der Waals surface area contributed by atoms with Crippen LogP contribution in [-0.2, 0) is 24.2 Å². The fourth-order valence-electron chi connectivity index (χ4n) is 3.44. The molecule has 0 radical (unpaired) electrons. The molecule has 1 amide bonds. The predicted molar refractivity (Wildman–Crippen MR) is 100 cm³/mol. The van der Waals surface area contributed by atoms with E-state index in [1.54, 1.807) is 16.0 Å². The lowest BCUT2D eigenvalue weighted by Crippen LogP contribution is -2.35. The van der Waals surface area contributed by atoms with Crippen molar-refractivity contribution in [1.82, 2.24) is 30.5 Å². The fraction of sp³-hybridized carbons (Fsp3) is 0.500. The second kappa shape index (κ2) is 7.22. The van der Waals surface area contributed by atoms with Gasteiger partial charge >= 0.3 is 0 Å². The van der Waals surface area contributed by atoms with Crippen LogP contribution in [0.1, 0.15) is 34.1 Å². The molecule has 1 unspecified atom stereocenters. The number of carbonyl (C=O) groups is 1. The third kappa shape index (κ3) is 3.64. The average Bonchev–Trinajstić information content (AvgIpc) is 3.33. The summed E-state index contributed by atoms with van der Waals surface area (Å²) in [5.74, 6) is 0.843. The lowest BCUT2D eigenvalue weighted by molar-refractivity contribution is -0.125. The number of hydrogen-bond donors (Lipinski definition) is 1. The molecular weight excluding hydrogens is 364 g/mol. The van der Waals surface area contributed by atoms with E-state index in [4.69, 9.17) is 9.51 Å². The molecule has 142 valence electrons. The number of aromatic nitrogens is 5. The van der Waals surface area contributed by atoms with Gasteiger partial charge in [-0.2, -0.15) is 0 Å². The molecule has 1 atom stereocenters. The summed E-state index contributed by atoms with van der Waals surface area (Å²) in [6.07, 6.45) is 4.29. The van der Waals surface area contributed by atoms with E-state index in [2.05, 4.69) is 20.8 Å². The summed E-state index contributed by atoms with van der Waals surface area (Å²) in [5, 5.41) is 15.9. The van der Waals surface area contributed by atoms with Crippen LogP contribution in [0.5, 0.6) is 0 Å². The maximum Gasteiger partial charge on any atom is 0.223 e. The molecule has 0 saturated heterocycles. The average molecular weight is 386 g/mol. The van der Waals surface area contributed by atoms with Gasteiger partial charge in [-0.3, -0.25) is 9.48 Å². The fourth-order valence-corrected chi connectivity index (χ4v) is 4.69. The quantitative estimate of drug-likeness (QED) is 0.722. The standard InChI is InChI=1S/C18H22N6O2S/c1-10-9-24(23-21-10)7-6-19-17(25)13-4-5-15-14(8-13)20-18(27-15)16-11(2)22-26-12(16)3/h9,13H,4-8H2,1-3H3,(H,19,25). The Bertz CT molecular complexity index is 953. The molecule has 0 fully saturated rings. The lowest BCUT2D eigenvalue weighted by atomic mass is 9.90. The number of nitrogens with one attached hydrogen (secondary N) is 1. The molecule has 0 aromatic carbocycles. The van der Waals surface area contributed by atoms with Crippen LogP contribution in [0.2, 0.25) is 0 Å². The molecule has 3 aromatic rings. The molecule has 0 spiro atoms. The molecule has 3 heterocycles. The van der Waals surface area contributed by atoms with Gasteiger partial charge in [0.2, 0.25) is 5.91 Å². The number of nitrogens with zero attached hydrogens (tertiary/aromatic N) is 5. The highest BCUT2D eigenvalue weighted by atomic mass is 32.1. The Hall–Kier alpha value is -2.55. The van der Waals surface area contributed by atoms with E-state index in [0.29, 0.717) is 19.5 Å². The predicted octanol–water partition coefficient (Wildman–Crippen LogP) is 2.24. The van der Waals surface area contributed by atoms with Crippen LogP contribution >= 0.6 is 11.3 Å². The Kier molecular flexibility index (Phi) is 4.77. The second-order valence-corrected chi connectivity index (χ2v) is 8.03. The van der Waals surface area contributed by atoms with E-state index < -0.39 is 0 Å². The van der Waals surface area contributed by atoms with Gasteiger partial charge in [-0.15, -0.1) is 16.4 Å². The Labute approximate surface area is 161 Å². The molecule has 0 aliphatic heterocycles. The van der Waals surface area contributed by atoms with Crippen LogP contribution in [0, 0.1) is 26.7 Å². The first-order valence-electron chi connectivity index (χ1n) is 9.07. The topological polar surface area (TPSA) is 98.7 Å². The van der Waals surface area contributed by atoms with Gasteiger partial charge in [-0.1, -0.05) is 10.4 Å². The number of aryl methyl sites for hydroxylation is 4. The molecule has 1 N–H and O–H groups in total. The van der Waals surface area contributed by atoms with Crippen molar-refractivity contribution in [2.45, 2.75) is 46.6 Å². The molecule has 0 saturated carbocycles. The minimum atomic E-state index is -0.0328. The first kappa shape index (κ1) is 17.8. The van der Waals surface area contributed by atoms with Crippen molar-refractivity contribution in [2.24, 2.45) is 5.92 Å². The van der Waals surface area contributed by atoms with Gasteiger partial charge in [0.25, 0.3) is 0 Å². The highest BCUT2D eigenvalue weighted by molar-refractivity contribution is 7.15. The van der Waals surface area contributed by atoms with Crippen molar-refractivity contribution in [3.8, 4) is 10.6 Å². The normalized spacial score (nSPS) is 16.3. The minimum absolute atomic E-state index is 0.0328. The molecule has 0 bridgehead atoms. The molecule has 1 aliphatic rings. The van der Waals surface area contributed by atoms with Crippen LogP contribution in [0.3, 0.4) is 0 Å². The summed E-state index contributed by atoms with van der Waals surface area (Å²) < 4.78 is 7.01. The first-order chi connectivity index (χ1) is 13.0. The lowest BCUT2D eigenvalue weighted by Gasteiger charge is -2.20. The molecule has 4 rings (SSSR count). The highest BCUT2D eigenvalue weighted by Crippen LogP contribution is 2.36. The van der Waals surface area contributed by atoms with Crippen molar-refractivity contribution >= 4 is 17.2 Å². The van der Waals surface area contributed by atoms with E-state index in [1.165, 1.54) is 4.88 Å². The monoisotopic (exact) mass is 386 g/mol. The van der Waals surface area contributed by atoms with Gasteiger partial charge in [0.05, 0.1) is 29.2 Å². The molecule has 3 aromatic heterocycles. The van der Waals surface area contributed by atoms with Gasteiger partial charge in [0.1, 0.15) is 10.8 Å². The van der Waals surface area contributed by atoms with Crippen LogP contribution in [0.4, 0.5) is 0 Å². The van der Waals surface area contributed by atoms with E-state index in [1.807, 2.05) is 27.0 Å². The number of rotatable bonds is 5. The van der Waals surface area contributed by atoms with E-state index in [0.717, 1.165) is 46.3 Å². The maximum atomic E-state index is 12.5. The van der Waals surface area contributed by atoms with Crippen molar-refractivity contribution < 1.29 is 9.32 Å². The van der Waals surface area contributed by atoms with Gasteiger partial charge in [0, 0.05) is 30.0 Å². The summed E-state index contributed by atoms with van der Waals surface area (Å²) in [4.78, 5) is 18.6. The molecule has 27 heavy (non-hydrogen) atoms. The van der Waals surface area contributed by atoms with Crippen LogP contribution < -0.4 is 5.32 Å². The van der Waals surface area contributed by atoms with Gasteiger partial charge in [0.15, 0.2) is 0 Å². The molecular formula is C18H22N6O2S. The number of thiazole rings is 1. The van der Waals surface area contributed by atoms with E-state index in [-0.39, 0.29) is 11.8 Å². The Morgan fingerprint density at radius 1 is 1.41 bits per heavy atom. The summed E-state index contributed by atoms with van der Waals surface area (Å²) in [7, 11) is 0. The van der Waals surface area contributed by atoms with Crippen LogP contribution in [0.15, 0.2) is 10.7 Å². The summed E-state index contributed by atoms with van der Waals surface area (Å²) in [5.41, 5.74) is 3.75. The van der Waals surface area contributed by atoms with Crippen LogP contribution in [0.25, 0.3) is 10.6 Å². The van der Waals surface area contributed by atoms with Crippen molar-refractivity contribution in [2.75, 3.05) is 6.54 Å². The maximum absolute atomic E-state index is 12.5. The molecule has 8 nitrogen and oxygen atoms in total. The zero-order valence-corrected chi connectivity index (χ0v) is 16.5. The second-order valence-electron chi connectivity index (χ2n) is 6.94. The summed E-state index contributed by atoms with van der Waals surface area (Å²) >= 11 is 1.69. The Balaban J connectivity index is 1.38. The van der Waals surface area contributed by atoms with Crippen molar-refractivity contribution in [3.05, 3.63) is 33.9 Å². The van der Waals surface area contributed by atoms with Crippen molar-refractivity contribution in [1.29, 1.82) is 0 Å². The summed E-state index contributed by atoms with van der Waals surface area (Å²) in [6.45, 7) is 6.90. The van der Waals surface area contributed by atoms with E-state index >= 15 is 0 Å². The smallest absolute Gasteiger partial charge is 0.223 e.